The third kappa shape index (κ3) is 5.19. The highest BCUT2D eigenvalue weighted by molar-refractivity contribution is 6.43. The van der Waals surface area contributed by atoms with E-state index in [1.807, 2.05) is 36.7 Å². The van der Waals surface area contributed by atoms with E-state index in [0.29, 0.717) is 6.54 Å². The van der Waals surface area contributed by atoms with Crippen LogP contribution in [0.1, 0.15) is 54.8 Å². The maximum atomic E-state index is 14.7. The van der Waals surface area contributed by atoms with E-state index in [-0.39, 0.29) is 41.9 Å². The SMILES string of the molecule is CC(C)n1ccc2ccc(C(=O)C(=O)N[C@H](CN3CCCC3)[C@H](O)c3cc(F)c4c(c3)OCCO4)cc21. The number of amides is 1. The minimum atomic E-state index is -1.26. The molecule has 0 spiro atoms. The first kappa shape index (κ1) is 25.2. The number of aromatic nitrogens is 1. The number of benzene rings is 2. The molecule has 2 N–H and O–H groups in total. The number of rotatable bonds is 8. The molecule has 1 amide bonds. The predicted octanol–water partition coefficient (Wildman–Crippen LogP) is 3.63. The average Bonchev–Trinajstić information content (AvgIpc) is 3.57. The van der Waals surface area contributed by atoms with E-state index >= 15 is 0 Å². The van der Waals surface area contributed by atoms with E-state index in [2.05, 4.69) is 10.2 Å². The molecular weight excluding hydrogens is 477 g/mol. The number of aliphatic hydroxyl groups excluding tert-OH is 1. The zero-order valence-electron chi connectivity index (χ0n) is 21.1. The summed E-state index contributed by atoms with van der Waals surface area (Å²) in [7, 11) is 0. The summed E-state index contributed by atoms with van der Waals surface area (Å²) < 4.78 is 27.6. The van der Waals surface area contributed by atoms with E-state index in [1.165, 1.54) is 12.1 Å². The lowest BCUT2D eigenvalue weighted by atomic mass is 9.99. The van der Waals surface area contributed by atoms with Crippen LogP contribution >= 0.6 is 0 Å². The van der Waals surface area contributed by atoms with Crippen molar-refractivity contribution in [1.82, 2.24) is 14.8 Å². The van der Waals surface area contributed by atoms with Gasteiger partial charge in [0.2, 0.25) is 5.78 Å². The number of Topliss-reactive ketones (excluding diaryl/α,β-unsaturated/α-hetero) is 1. The second-order valence-corrected chi connectivity index (χ2v) is 9.98. The van der Waals surface area contributed by atoms with Crippen molar-refractivity contribution < 1.29 is 28.6 Å². The van der Waals surface area contributed by atoms with Gasteiger partial charge in [0, 0.05) is 29.9 Å². The van der Waals surface area contributed by atoms with Crippen LogP contribution in [0.25, 0.3) is 10.9 Å². The Morgan fingerprint density at radius 1 is 1.08 bits per heavy atom. The number of ketones is 1. The molecular formula is C28H32FN3O5. The summed E-state index contributed by atoms with van der Waals surface area (Å²) in [5.74, 6) is -1.92. The van der Waals surface area contributed by atoms with Crippen LogP contribution in [-0.2, 0) is 4.79 Å². The molecule has 9 heteroatoms. The van der Waals surface area contributed by atoms with Crippen LogP contribution in [0.4, 0.5) is 4.39 Å². The van der Waals surface area contributed by atoms with Gasteiger partial charge in [-0.1, -0.05) is 12.1 Å². The molecule has 1 fully saturated rings. The van der Waals surface area contributed by atoms with Gasteiger partial charge in [-0.25, -0.2) is 4.39 Å². The first-order chi connectivity index (χ1) is 17.8. The molecule has 0 saturated carbocycles. The Labute approximate surface area is 215 Å². The van der Waals surface area contributed by atoms with Crippen molar-refractivity contribution in [2.75, 3.05) is 32.8 Å². The standard InChI is InChI=1S/C28H32FN3O5/c1-17(2)32-10-7-18-5-6-19(14-23(18)32)26(34)28(35)30-22(16-31-8-3-4-9-31)25(33)20-13-21(29)27-24(15-20)36-11-12-37-27/h5-7,10,13-15,17,22,25,33H,3-4,8-9,11-12,16H2,1-2H3,(H,30,35)/t22-,25-/m1/s1. The van der Waals surface area contributed by atoms with Crippen molar-refractivity contribution in [2.24, 2.45) is 0 Å². The number of carbonyl (C=O) groups excluding carboxylic acids is 2. The van der Waals surface area contributed by atoms with Crippen LogP contribution in [-0.4, -0.2) is 65.2 Å². The van der Waals surface area contributed by atoms with Gasteiger partial charge < -0.3 is 29.4 Å². The van der Waals surface area contributed by atoms with E-state index < -0.39 is 29.7 Å². The number of hydrogen-bond acceptors (Lipinski definition) is 6. The summed E-state index contributed by atoms with van der Waals surface area (Å²) in [5.41, 5.74) is 1.38. The predicted molar refractivity (Wildman–Crippen MR) is 137 cm³/mol. The molecule has 0 unspecified atom stereocenters. The fourth-order valence-electron chi connectivity index (χ4n) is 5.11. The van der Waals surface area contributed by atoms with Gasteiger partial charge in [-0.2, -0.15) is 0 Å². The van der Waals surface area contributed by atoms with E-state index in [0.717, 1.165) is 36.8 Å². The Bertz CT molecular complexity index is 1310. The Kier molecular flexibility index (Phi) is 7.17. The number of aliphatic hydroxyl groups is 1. The number of nitrogens with one attached hydrogen (secondary N) is 1. The van der Waals surface area contributed by atoms with Crippen LogP contribution in [0.2, 0.25) is 0 Å². The minimum absolute atomic E-state index is 0.0130. The molecule has 2 aliphatic rings. The highest BCUT2D eigenvalue weighted by Gasteiger charge is 2.31. The smallest absolute Gasteiger partial charge is 0.292 e. The van der Waals surface area contributed by atoms with Gasteiger partial charge in [-0.15, -0.1) is 0 Å². The van der Waals surface area contributed by atoms with E-state index in [4.69, 9.17) is 9.47 Å². The first-order valence-electron chi connectivity index (χ1n) is 12.8. The molecule has 0 bridgehead atoms. The lowest BCUT2D eigenvalue weighted by molar-refractivity contribution is -0.118. The van der Waals surface area contributed by atoms with Crippen molar-refractivity contribution in [1.29, 1.82) is 0 Å². The van der Waals surface area contributed by atoms with Crippen LogP contribution in [0, 0.1) is 5.82 Å². The number of halogens is 1. The number of nitrogens with zero attached hydrogens (tertiary/aromatic N) is 2. The Morgan fingerprint density at radius 2 is 1.84 bits per heavy atom. The molecule has 2 aromatic carbocycles. The maximum Gasteiger partial charge on any atom is 0.292 e. The highest BCUT2D eigenvalue weighted by atomic mass is 19.1. The molecule has 0 aliphatic carbocycles. The third-order valence-corrected chi connectivity index (χ3v) is 7.06. The maximum absolute atomic E-state index is 14.7. The van der Waals surface area contributed by atoms with Crippen LogP contribution in [0.15, 0.2) is 42.6 Å². The fourth-order valence-corrected chi connectivity index (χ4v) is 5.11. The fraction of sp³-hybridized carbons (Fsp3) is 0.429. The molecule has 8 nitrogen and oxygen atoms in total. The molecule has 3 heterocycles. The number of hydrogen-bond donors (Lipinski definition) is 2. The van der Waals surface area contributed by atoms with Crippen molar-refractivity contribution in [3.8, 4) is 11.5 Å². The molecule has 2 aliphatic heterocycles. The van der Waals surface area contributed by atoms with E-state index in [9.17, 15) is 19.1 Å². The van der Waals surface area contributed by atoms with Crippen LogP contribution < -0.4 is 14.8 Å². The molecule has 3 aromatic rings. The lowest BCUT2D eigenvalue weighted by Gasteiger charge is -2.29. The van der Waals surface area contributed by atoms with Gasteiger partial charge in [0.15, 0.2) is 17.3 Å². The average molecular weight is 510 g/mol. The van der Waals surface area contributed by atoms with Crippen molar-refractivity contribution >= 4 is 22.6 Å². The summed E-state index contributed by atoms with van der Waals surface area (Å²) >= 11 is 0. The largest absolute Gasteiger partial charge is 0.486 e. The molecule has 1 aromatic heterocycles. The second kappa shape index (κ2) is 10.5. The van der Waals surface area contributed by atoms with E-state index in [1.54, 1.807) is 12.1 Å². The quantitative estimate of drug-likeness (QED) is 0.356. The molecule has 2 atom stereocenters. The van der Waals surface area contributed by atoms with Gasteiger partial charge in [-0.05, 0) is 75.0 Å². The molecule has 37 heavy (non-hydrogen) atoms. The number of likely N-dealkylation sites (tertiary alicyclic amines) is 1. The van der Waals surface area contributed by atoms with Crippen LogP contribution in [0.3, 0.4) is 0 Å². The first-order valence-corrected chi connectivity index (χ1v) is 12.8. The van der Waals surface area contributed by atoms with Gasteiger partial charge in [-0.3, -0.25) is 9.59 Å². The monoisotopic (exact) mass is 509 g/mol. The Balaban J connectivity index is 1.39. The topological polar surface area (TPSA) is 93.0 Å². The Hall–Kier alpha value is -3.43. The summed E-state index contributed by atoms with van der Waals surface area (Å²) in [6.07, 6.45) is 2.73. The van der Waals surface area contributed by atoms with Gasteiger partial charge in [0.05, 0.1) is 6.04 Å². The molecule has 196 valence electrons. The zero-order valence-corrected chi connectivity index (χ0v) is 21.1. The summed E-state index contributed by atoms with van der Waals surface area (Å²) in [4.78, 5) is 28.4. The third-order valence-electron chi connectivity index (χ3n) is 7.06. The highest BCUT2D eigenvalue weighted by Crippen LogP contribution is 2.36. The minimum Gasteiger partial charge on any atom is -0.486 e. The number of carbonyl (C=O) groups is 2. The van der Waals surface area contributed by atoms with Gasteiger partial charge in [0.1, 0.15) is 19.3 Å². The van der Waals surface area contributed by atoms with Crippen molar-refractivity contribution in [2.45, 2.75) is 44.9 Å². The lowest BCUT2D eigenvalue weighted by Crippen LogP contribution is -2.48. The van der Waals surface area contributed by atoms with Crippen molar-refractivity contribution in [3.63, 3.8) is 0 Å². The van der Waals surface area contributed by atoms with Gasteiger partial charge >= 0.3 is 0 Å². The zero-order chi connectivity index (χ0) is 26.1. The second-order valence-electron chi connectivity index (χ2n) is 9.98. The summed E-state index contributed by atoms with van der Waals surface area (Å²) in [6.45, 7) is 6.59. The number of fused-ring (bicyclic) bond motifs is 2. The van der Waals surface area contributed by atoms with Crippen molar-refractivity contribution in [3.05, 3.63) is 59.5 Å². The summed E-state index contributed by atoms with van der Waals surface area (Å²) in [6, 6.07) is 9.24. The molecule has 5 rings (SSSR count). The molecule has 0 radical (unpaired) electrons. The summed E-state index contributed by atoms with van der Waals surface area (Å²) in [5, 5.41) is 15.0. The number of ether oxygens (including phenoxy) is 2. The van der Waals surface area contributed by atoms with Gasteiger partial charge in [0.25, 0.3) is 5.91 Å². The van der Waals surface area contributed by atoms with Crippen LogP contribution in [0.5, 0.6) is 11.5 Å². The normalized spacial score (nSPS) is 17.2. The molecule has 1 saturated heterocycles. The Morgan fingerprint density at radius 3 is 2.59 bits per heavy atom.